The Bertz CT molecular complexity index is 142. The predicted molar refractivity (Wildman–Crippen MR) is 53.4 cm³/mol. The highest BCUT2D eigenvalue weighted by atomic mass is 16.3. The third-order valence-corrected chi connectivity index (χ3v) is 2.15. The van der Waals surface area contributed by atoms with Gasteiger partial charge in [0, 0.05) is 26.1 Å². The monoisotopic (exact) mass is 187 g/mol. The molecule has 0 aromatic rings. The molecule has 0 aromatic carbocycles. The Kier molecular flexibility index (Phi) is 6.59. The summed E-state index contributed by atoms with van der Waals surface area (Å²) in [6.07, 6.45) is 1.44. The summed E-state index contributed by atoms with van der Waals surface area (Å²) >= 11 is 0. The molecule has 1 saturated heterocycles. The zero-order valence-electron chi connectivity index (χ0n) is 8.92. The molecule has 3 nitrogen and oxygen atoms in total. The van der Waals surface area contributed by atoms with Crippen molar-refractivity contribution in [1.82, 2.24) is 4.90 Å². The molecule has 0 radical (unpaired) electrons. The standard InChI is InChI=1S/C8H15NO2.C2H6/c1-2-8(11)9-5-7(6-9)3-4-10;1-2/h7,10H,2-6H2,1H3;1-2H3. The Balaban J connectivity index is 0.000000671. The second-order valence-electron chi connectivity index (χ2n) is 3.03. The number of aliphatic hydroxyl groups excluding tert-OH is 1. The first-order chi connectivity index (χ1) is 6.27. The molecule has 0 saturated carbocycles. The van der Waals surface area contributed by atoms with E-state index >= 15 is 0 Å². The van der Waals surface area contributed by atoms with Crippen LogP contribution in [-0.2, 0) is 4.79 Å². The SMILES string of the molecule is CC.CCC(=O)N1CC(CCO)C1. The van der Waals surface area contributed by atoms with Crippen LogP contribution in [0.25, 0.3) is 0 Å². The van der Waals surface area contributed by atoms with E-state index in [2.05, 4.69) is 0 Å². The van der Waals surface area contributed by atoms with Gasteiger partial charge < -0.3 is 10.0 Å². The van der Waals surface area contributed by atoms with Crippen LogP contribution in [-0.4, -0.2) is 35.6 Å². The van der Waals surface area contributed by atoms with Crippen molar-refractivity contribution < 1.29 is 9.90 Å². The minimum absolute atomic E-state index is 0.235. The lowest BCUT2D eigenvalue weighted by Gasteiger charge is -2.39. The number of carbonyl (C=O) groups is 1. The van der Waals surface area contributed by atoms with Gasteiger partial charge in [-0.25, -0.2) is 0 Å². The van der Waals surface area contributed by atoms with E-state index in [1.54, 1.807) is 0 Å². The van der Waals surface area contributed by atoms with Gasteiger partial charge in [-0.05, 0) is 12.3 Å². The number of aliphatic hydroxyl groups is 1. The second-order valence-corrected chi connectivity index (χ2v) is 3.03. The van der Waals surface area contributed by atoms with E-state index in [1.165, 1.54) is 0 Å². The van der Waals surface area contributed by atoms with Crippen molar-refractivity contribution in [1.29, 1.82) is 0 Å². The topological polar surface area (TPSA) is 40.5 Å². The van der Waals surface area contributed by atoms with Crippen molar-refractivity contribution in [3.63, 3.8) is 0 Å². The molecule has 1 aliphatic rings. The molecule has 0 aliphatic carbocycles. The summed E-state index contributed by atoms with van der Waals surface area (Å²) in [5, 5.41) is 8.58. The Hall–Kier alpha value is -0.570. The van der Waals surface area contributed by atoms with Gasteiger partial charge in [-0.2, -0.15) is 0 Å². The van der Waals surface area contributed by atoms with E-state index in [4.69, 9.17) is 5.11 Å². The van der Waals surface area contributed by atoms with Gasteiger partial charge in [0.1, 0.15) is 0 Å². The molecule has 3 heteroatoms. The summed E-state index contributed by atoms with van der Waals surface area (Å²) in [5.41, 5.74) is 0. The second kappa shape index (κ2) is 6.89. The van der Waals surface area contributed by atoms with Crippen LogP contribution in [0.3, 0.4) is 0 Å². The van der Waals surface area contributed by atoms with Crippen LogP contribution in [0.15, 0.2) is 0 Å². The average Bonchev–Trinajstić information content (AvgIpc) is 2.13. The Morgan fingerprint density at radius 3 is 2.38 bits per heavy atom. The van der Waals surface area contributed by atoms with Crippen LogP contribution in [0.4, 0.5) is 0 Å². The molecule has 1 aliphatic heterocycles. The smallest absolute Gasteiger partial charge is 0.222 e. The van der Waals surface area contributed by atoms with Gasteiger partial charge in [-0.15, -0.1) is 0 Å². The molecule has 0 atom stereocenters. The molecule has 13 heavy (non-hydrogen) atoms. The highest BCUT2D eigenvalue weighted by molar-refractivity contribution is 5.76. The fourth-order valence-corrected chi connectivity index (χ4v) is 1.36. The van der Waals surface area contributed by atoms with Gasteiger partial charge in [0.2, 0.25) is 5.91 Å². The van der Waals surface area contributed by atoms with Crippen LogP contribution in [0.2, 0.25) is 0 Å². The van der Waals surface area contributed by atoms with Crippen molar-refractivity contribution in [3.8, 4) is 0 Å². The maximum atomic E-state index is 11.0. The number of rotatable bonds is 3. The third-order valence-electron chi connectivity index (χ3n) is 2.15. The van der Waals surface area contributed by atoms with Gasteiger partial charge in [0.25, 0.3) is 0 Å². The number of hydrogen-bond acceptors (Lipinski definition) is 2. The lowest BCUT2D eigenvalue weighted by Crippen LogP contribution is -2.49. The highest BCUT2D eigenvalue weighted by Crippen LogP contribution is 2.18. The van der Waals surface area contributed by atoms with E-state index in [0.29, 0.717) is 12.3 Å². The van der Waals surface area contributed by atoms with Crippen molar-refractivity contribution in [2.24, 2.45) is 5.92 Å². The van der Waals surface area contributed by atoms with Gasteiger partial charge >= 0.3 is 0 Å². The quantitative estimate of drug-likeness (QED) is 0.722. The number of amides is 1. The number of likely N-dealkylation sites (tertiary alicyclic amines) is 1. The molecule has 1 heterocycles. The van der Waals surface area contributed by atoms with Gasteiger partial charge in [0.15, 0.2) is 0 Å². The number of hydrogen-bond donors (Lipinski definition) is 1. The summed E-state index contributed by atoms with van der Waals surface area (Å²) in [6, 6.07) is 0. The molecule has 0 bridgehead atoms. The first-order valence-electron chi connectivity index (χ1n) is 5.16. The van der Waals surface area contributed by atoms with Crippen LogP contribution < -0.4 is 0 Å². The minimum atomic E-state index is 0.235. The number of carbonyl (C=O) groups excluding carboxylic acids is 1. The van der Waals surface area contributed by atoms with E-state index < -0.39 is 0 Å². The largest absolute Gasteiger partial charge is 0.396 e. The van der Waals surface area contributed by atoms with Crippen molar-refractivity contribution >= 4 is 5.91 Å². The van der Waals surface area contributed by atoms with Gasteiger partial charge in [0.05, 0.1) is 0 Å². The molecule has 1 fully saturated rings. The Morgan fingerprint density at radius 1 is 1.46 bits per heavy atom. The Morgan fingerprint density at radius 2 is 2.00 bits per heavy atom. The van der Waals surface area contributed by atoms with E-state index in [9.17, 15) is 4.79 Å². The Labute approximate surface area is 80.7 Å². The third kappa shape index (κ3) is 3.77. The predicted octanol–water partition coefficient (Wildman–Crippen LogP) is 1.26. The average molecular weight is 187 g/mol. The fourth-order valence-electron chi connectivity index (χ4n) is 1.36. The van der Waals surface area contributed by atoms with Crippen LogP contribution >= 0.6 is 0 Å². The highest BCUT2D eigenvalue weighted by Gasteiger charge is 2.28. The van der Waals surface area contributed by atoms with Gasteiger partial charge in [-0.1, -0.05) is 20.8 Å². The van der Waals surface area contributed by atoms with E-state index in [-0.39, 0.29) is 12.5 Å². The molecular formula is C10H21NO2. The molecule has 1 amide bonds. The molecule has 1 N–H and O–H groups in total. The van der Waals surface area contributed by atoms with Crippen LogP contribution in [0.1, 0.15) is 33.6 Å². The lowest BCUT2D eigenvalue weighted by atomic mass is 9.96. The van der Waals surface area contributed by atoms with E-state index in [0.717, 1.165) is 19.5 Å². The van der Waals surface area contributed by atoms with Crippen molar-refractivity contribution in [2.75, 3.05) is 19.7 Å². The van der Waals surface area contributed by atoms with Gasteiger partial charge in [-0.3, -0.25) is 4.79 Å². The van der Waals surface area contributed by atoms with Crippen LogP contribution in [0.5, 0.6) is 0 Å². The van der Waals surface area contributed by atoms with Crippen LogP contribution in [0, 0.1) is 5.92 Å². The molecule has 78 valence electrons. The normalized spacial score (nSPS) is 15.8. The summed E-state index contributed by atoms with van der Waals surface area (Å²) in [6.45, 7) is 7.83. The molecule has 1 rings (SSSR count). The summed E-state index contributed by atoms with van der Waals surface area (Å²) in [7, 11) is 0. The zero-order chi connectivity index (χ0) is 10.3. The fraction of sp³-hybridized carbons (Fsp3) is 0.900. The lowest BCUT2D eigenvalue weighted by molar-refractivity contribution is -0.137. The maximum absolute atomic E-state index is 11.0. The molecule has 0 spiro atoms. The summed E-state index contributed by atoms with van der Waals surface area (Å²) in [4.78, 5) is 12.9. The van der Waals surface area contributed by atoms with E-state index in [1.807, 2.05) is 25.7 Å². The minimum Gasteiger partial charge on any atom is -0.396 e. The summed E-state index contributed by atoms with van der Waals surface area (Å²) in [5.74, 6) is 0.787. The molecular weight excluding hydrogens is 166 g/mol. The zero-order valence-corrected chi connectivity index (χ0v) is 8.92. The maximum Gasteiger partial charge on any atom is 0.222 e. The van der Waals surface area contributed by atoms with Crippen molar-refractivity contribution in [2.45, 2.75) is 33.6 Å². The summed E-state index contributed by atoms with van der Waals surface area (Å²) < 4.78 is 0. The first kappa shape index (κ1) is 12.4. The number of nitrogens with zero attached hydrogens (tertiary/aromatic N) is 1. The van der Waals surface area contributed by atoms with Crippen molar-refractivity contribution in [3.05, 3.63) is 0 Å². The molecule has 0 unspecified atom stereocenters. The molecule has 0 aromatic heterocycles. The first-order valence-corrected chi connectivity index (χ1v) is 5.16.